The molecule has 0 spiro atoms. The SMILES string of the molecule is CCC1(C2CCCC2)Cc2cc(OCCCC(=O)O)c(Cl)c(Cl)c2C1=O. The van der Waals surface area contributed by atoms with Crippen molar-refractivity contribution in [3.8, 4) is 5.75 Å². The van der Waals surface area contributed by atoms with Crippen molar-refractivity contribution < 1.29 is 19.4 Å². The summed E-state index contributed by atoms with van der Waals surface area (Å²) >= 11 is 12.8. The molecule has 0 bridgehead atoms. The predicted molar refractivity (Wildman–Crippen MR) is 102 cm³/mol. The molecule has 0 aromatic heterocycles. The highest BCUT2D eigenvalue weighted by atomic mass is 35.5. The van der Waals surface area contributed by atoms with Gasteiger partial charge in [0.15, 0.2) is 5.78 Å². The van der Waals surface area contributed by atoms with Crippen LogP contribution in [-0.4, -0.2) is 23.5 Å². The van der Waals surface area contributed by atoms with E-state index >= 15 is 0 Å². The van der Waals surface area contributed by atoms with Crippen molar-refractivity contribution in [3.05, 3.63) is 27.2 Å². The zero-order valence-electron chi connectivity index (χ0n) is 14.9. The number of carbonyl (C=O) groups is 2. The van der Waals surface area contributed by atoms with Gasteiger partial charge in [-0.2, -0.15) is 0 Å². The van der Waals surface area contributed by atoms with Crippen LogP contribution in [0.25, 0.3) is 0 Å². The molecule has 0 saturated heterocycles. The number of fused-ring (bicyclic) bond motifs is 1. The summed E-state index contributed by atoms with van der Waals surface area (Å²) in [6, 6.07) is 1.83. The lowest BCUT2D eigenvalue weighted by atomic mass is 9.69. The Morgan fingerprint density at radius 1 is 1.31 bits per heavy atom. The van der Waals surface area contributed by atoms with Crippen LogP contribution in [0.1, 0.15) is 67.8 Å². The highest BCUT2D eigenvalue weighted by Crippen LogP contribution is 2.54. The lowest BCUT2D eigenvalue weighted by molar-refractivity contribution is -0.137. The molecule has 1 unspecified atom stereocenters. The van der Waals surface area contributed by atoms with Gasteiger partial charge in [0.1, 0.15) is 10.8 Å². The zero-order chi connectivity index (χ0) is 18.9. The van der Waals surface area contributed by atoms with Gasteiger partial charge in [0.05, 0.1) is 11.6 Å². The molecule has 1 N–H and O–H groups in total. The number of halogens is 2. The summed E-state index contributed by atoms with van der Waals surface area (Å²) in [4.78, 5) is 23.9. The van der Waals surface area contributed by atoms with Gasteiger partial charge in [-0.3, -0.25) is 9.59 Å². The molecule has 1 aromatic carbocycles. The van der Waals surface area contributed by atoms with Crippen LogP contribution in [0.2, 0.25) is 10.0 Å². The summed E-state index contributed by atoms with van der Waals surface area (Å²) in [6.07, 6.45) is 6.47. The van der Waals surface area contributed by atoms with Gasteiger partial charge < -0.3 is 9.84 Å². The Morgan fingerprint density at radius 3 is 2.62 bits per heavy atom. The number of ketones is 1. The molecule has 2 aliphatic rings. The summed E-state index contributed by atoms with van der Waals surface area (Å²) in [5.74, 6) is 0.113. The molecule has 0 heterocycles. The van der Waals surface area contributed by atoms with Crippen molar-refractivity contribution in [2.75, 3.05) is 6.61 Å². The third-order valence-electron chi connectivity index (χ3n) is 6.00. The van der Waals surface area contributed by atoms with Crippen LogP contribution in [0, 0.1) is 11.3 Å². The van der Waals surface area contributed by atoms with Crippen LogP contribution in [0.3, 0.4) is 0 Å². The molecule has 3 rings (SSSR count). The van der Waals surface area contributed by atoms with E-state index in [0.717, 1.165) is 24.8 Å². The molecule has 1 fully saturated rings. The maximum Gasteiger partial charge on any atom is 0.303 e. The number of carboxylic acid groups (broad SMARTS) is 1. The van der Waals surface area contributed by atoms with E-state index in [1.54, 1.807) is 0 Å². The number of ether oxygens (including phenoxy) is 1. The van der Waals surface area contributed by atoms with Crippen LogP contribution < -0.4 is 4.74 Å². The summed E-state index contributed by atoms with van der Waals surface area (Å²) in [5, 5.41) is 9.23. The number of hydrogen-bond donors (Lipinski definition) is 1. The number of hydrogen-bond acceptors (Lipinski definition) is 3. The van der Waals surface area contributed by atoms with Gasteiger partial charge in [0.25, 0.3) is 0 Å². The Bertz CT molecular complexity index is 725. The van der Waals surface area contributed by atoms with Crippen molar-refractivity contribution in [1.29, 1.82) is 0 Å². The fourth-order valence-corrected chi connectivity index (χ4v) is 5.10. The molecule has 0 aliphatic heterocycles. The van der Waals surface area contributed by atoms with Gasteiger partial charge in [-0.1, -0.05) is 43.0 Å². The second-order valence-corrected chi connectivity index (χ2v) is 8.14. The number of rotatable bonds is 7. The molecule has 2 aliphatic carbocycles. The Hall–Kier alpha value is -1.26. The Morgan fingerprint density at radius 2 is 2.00 bits per heavy atom. The second-order valence-electron chi connectivity index (χ2n) is 7.38. The number of carboxylic acids is 1. The van der Waals surface area contributed by atoms with Crippen molar-refractivity contribution in [3.63, 3.8) is 0 Å². The number of Topliss-reactive ketones (excluding diaryl/α,β-unsaturated/α-hetero) is 1. The minimum absolute atomic E-state index is 0.0371. The van der Waals surface area contributed by atoms with Crippen LogP contribution in [0.15, 0.2) is 6.07 Å². The van der Waals surface area contributed by atoms with Gasteiger partial charge in [0.2, 0.25) is 0 Å². The third kappa shape index (κ3) is 3.34. The average Bonchev–Trinajstić information content (AvgIpc) is 3.23. The van der Waals surface area contributed by atoms with E-state index in [2.05, 4.69) is 6.92 Å². The standard InChI is InChI=1S/C20H24Cl2O4/c1-2-20(13-6-3-4-7-13)11-12-10-14(26-9-5-8-15(23)24)17(21)18(22)16(12)19(20)25/h10,13H,2-9,11H2,1H3,(H,23,24). The first kappa shape index (κ1) is 19.5. The third-order valence-corrected chi connectivity index (χ3v) is 6.85. The number of benzene rings is 1. The maximum absolute atomic E-state index is 13.3. The summed E-state index contributed by atoms with van der Waals surface area (Å²) in [6.45, 7) is 2.33. The van der Waals surface area contributed by atoms with Crippen molar-refractivity contribution >= 4 is 35.0 Å². The molecule has 1 atom stereocenters. The number of aliphatic carboxylic acids is 1. The van der Waals surface area contributed by atoms with Gasteiger partial charge in [0, 0.05) is 17.4 Å². The molecule has 6 heteroatoms. The smallest absolute Gasteiger partial charge is 0.303 e. The van der Waals surface area contributed by atoms with Crippen molar-refractivity contribution in [2.24, 2.45) is 11.3 Å². The highest BCUT2D eigenvalue weighted by Gasteiger charge is 2.51. The fourth-order valence-electron chi connectivity index (χ4n) is 4.60. The van der Waals surface area contributed by atoms with Gasteiger partial charge in [-0.15, -0.1) is 0 Å². The average molecular weight is 399 g/mol. The molecule has 4 nitrogen and oxygen atoms in total. The van der Waals surface area contributed by atoms with Gasteiger partial charge in [-0.25, -0.2) is 0 Å². The predicted octanol–water partition coefficient (Wildman–Crippen LogP) is 5.56. The maximum atomic E-state index is 13.3. The quantitative estimate of drug-likeness (QED) is 0.610. The van der Waals surface area contributed by atoms with Gasteiger partial charge in [-0.05, 0) is 49.7 Å². The summed E-state index contributed by atoms with van der Waals surface area (Å²) in [7, 11) is 0. The first-order valence-corrected chi connectivity index (χ1v) is 10.1. The highest BCUT2D eigenvalue weighted by molar-refractivity contribution is 6.45. The number of carbonyl (C=O) groups excluding carboxylic acids is 1. The molecule has 1 aromatic rings. The van der Waals surface area contributed by atoms with Crippen LogP contribution >= 0.6 is 23.2 Å². The normalized spacial score (nSPS) is 22.7. The molecule has 0 radical (unpaired) electrons. The Kier molecular flexibility index (Phi) is 5.83. The molecular formula is C20H24Cl2O4. The monoisotopic (exact) mass is 398 g/mol. The Labute approximate surface area is 163 Å². The van der Waals surface area contributed by atoms with E-state index in [1.165, 1.54) is 12.8 Å². The second kappa shape index (κ2) is 7.77. The van der Waals surface area contributed by atoms with Crippen LogP contribution in [0.5, 0.6) is 5.75 Å². The lowest BCUT2D eigenvalue weighted by Crippen LogP contribution is -2.34. The minimum atomic E-state index is -0.860. The molecular weight excluding hydrogens is 375 g/mol. The molecule has 26 heavy (non-hydrogen) atoms. The molecule has 0 amide bonds. The summed E-state index contributed by atoms with van der Waals surface area (Å²) < 4.78 is 5.66. The van der Waals surface area contributed by atoms with E-state index in [1.807, 2.05) is 6.07 Å². The largest absolute Gasteiger partial charge is 0.492 e. The topological polar surface area (TPSA) is 63.6 Å². The van der Waals surface area contributed by atoms with Crippen molar-refractivity contribution in [1.82, 2.24) is 0 Å². The first-order chi connectivity index (χ1) is 12.4. The van der Waals surface area contributed by atoms with Gasteiger partial charge >= 0.3 is 5.97 Å². The molecule has 1 saturated carbocycles. The lowest BCUT2D eigenvalue weighted by Gasteiger charge is -2.32. The molecule has 142 valence electrons. The first-order valence-electron chi connectivity index (χ1n) is 9.31. The Balaban J connectivity index is 1.87. The zero-order valence-corrected chi connectivity index (χ0v) is 16.5. The van der Waals surface area contributed by atoms with Crippen LogP contribution in [0.4, 0.5) is 0 Å². The fraction of sp³-hybridized carbons (Fsp3) is 0.600. The van der Waals surface area contributed by atoms with E-state index < -0.39 is 5.97 Å². The van der Waals surface area contributed by atoms with Crippen molar-refractivity contribution in [2.45, 2.75) is 58.3 Å². The van der Waals surface area contributed by atoms with E-state index in [0.29, 0.717) is 30.1 Å². The minimum Gasteiger partial charge on any atom is -0.492 e. The van der Waals surface area contributed by atoms with E-state index in [-0.39, 0.29) is 34.3 Å². The van der Waals surface area contributed by atoms with Crippen LogP contribution in [-0.2, 0) is 11.2 Å². The summed E-state index contributed by atoms with van der Waals surface area (Å²) in [5.41, 5.74) is 1.10. The van der Waals surface area contributed by atoms with E-state index in [9.17, 15) is 9.59 Å². The van der Waals surface area contributed by atoms with E-state index in [4.69, 9.17) is 33.0 Å².